The summed E-state index contributed by atoms with van der Waals surface area (Å²) in [6.07, 6.45) is 0.910. The largest absolute Gasteiger partial charge is 0.373 e. The van der Waals surface area contributed by atoms with E-state index in [0.717, 1.165) is 39.2 Å². The fourth-order valence-corrected chi connectivity index (χ4v) is 3.06. The van der Waals surface area contributed by atoms with Gasteiger partial charge in [0.15, 0.2) is 0 Å². The molecule has 20 heavy (non-hydrogen) atoms. The lowest BCUT2D eigenvalue weighted by molar-refractivity contribution is 0.920. The van der Waals surface area contributed by atoms with E-state index < -0.39 is 0 Å². The third-order valence-corrected chi connectivity index (χ3v) is 4.57. The summed E-state index contributed by atoms with van der Waals surface area (Å²) in [6, 6.07) is 7.83. The molecule has 0 unspecified atom stereocenters. The quantitative estimate of drug-likeness (QED) is 0.834. The molecule has 1 heterocycles. The predicted octanol–water partition coefficient (Wildman–Crippen LogP) is 4.33. The third-order valence-electron chi connectivity index (χ3n) is 3.06. The lowest BCUT2D eigenvalue weighted by Gasteiger charge is -2.11. The molecule has 2 rings (SSSR count). The van der Waals surface area contributed by atoms with E-state index in [1.807, 2.05) is 31.3 Å². The van der Waals surface area contributed by atoms with Gasteiger partial charge in [-0.3, -0.25) is 0 Å². The second-order valence-corrected chi connectivity index (χ2v) is 5.81. The Kier molecular flexibility index (Phi) is 5.26. The average molecular weight is 308 g/mol. The number of anilines is 1. The number of hydrogen-bond donors (Lipinski definition) is 1. The van der Waals surface area contributed by atoms with Crippen LogP contribution in [0.2, 0.25) is 5.02 Å². The smallest absolute Gasteiger partial charge is 0.141 e. The first-order valence-electron chi connectivity index (χ1n) is 6.57. The number of nitrogens with zero attached hydrogens (tertiary/aromatic N) is 2. The van der Waals surface area contributed by atoms with Crippen LogP contribution in [0.4, 0.5) is 5.82 Å². The normalized spacial score (nSPS) is 10.6. The van der Waals surface area contributed by atoms with E-state index in [9.17, 15) is 0 Å². The number of halogens is 1. The van der Waals surface area contributed by atoms with Crippen LogP contribution in [-0.2, 0) is 12.2 Å². The van der Waals surface area contributed by atoms with Gasteiger partial charge in [0.05, 0.1) is 10.8 Å². The molecule has 0 bridgehead atoms. The first-order chi connectivity index (χ1) is 9.65. The number of rotatable bonds is 5. The van der Waals surface area contributed by atoms with Crippen LogP contribution in [0.5, 0.6) is 0 Å². The van der Waals surface area contributed by atoms with Crippen LogP contribution in [0.15, 0.2) is 29.2 Å². The standard InChI is InChI=1S/C15H18ClN3S/c1-4-12-10(2)15(17-3)19-14(18-12)9-20-13-8-6-5-7-11(13)16/h5-8H,4,9H2,1-3H3,(H,17,18,19). The van der Waals surface area contributed by atoms with Gasteiger partial charge in [0.1, 0.15) is 11.6 Å². The summed E-state index contributed by atoms with van der Waals surface area (Å²) in [5.74, 6) is 2.46. The van der Waals surface area contributed by atoms with Crippen LogP contribution in [0.3, 0.4) is 0 Å². The van der Waals surface area contributed by atoms with E-state index in [4.69, 9.17) is 11.6 Å². The Bertz CT molecular complexity index is 576. The molecule has 1 N–H and O–H groups in total. The van der Waals surface area contributed by atoms with E-state index in [0.29, 0.717) is 5.75 Å². The average Bonchev–Trinajstić information content (AvgIpc) is 2.47. The van der Waals surface area contributed by atoms with Gasteiger partial charge >= 0.3 is 0 Å². The summed E-state index contributed by atoms with van der Waals surface area (Å²) in [5.41, 5.74) is 2.22. The Morgan fingerprint density at radius 2 is 2.00 bits per heavy atom. The van der Waals surface area contributed by atoms with Gasteiger partial charge < -0.3 is 5.32 Å². The van der Waals surface area contributed by atoms with E-state index in [2.05, 4.69) is 29.1 Å². The Hall–Kier alpha value is -1.26. The van der Waals surface area contributed by atoms with Gasteiger partial charge in [0, 0.05) is 23.2 Å². The van der Waals surface area contributed by atoms with E-state index in [-0.39, 0.29) is 0 Å². The lowest BCUT2D eigenvalue weighted by atomic mass is 10.2. The fourth-order valence-electron chi connectivity index (χ4n) is 1.97. The SMILES string of the molecule is CCc1nc(CSc2ccccc2Cl)nc(NC)c1C. The summed E-state index contributed by atoms with van der Waals surface area (Å²) in [4.78, 5) is 10.2. The molecule has 0 aliphatic rings. The second-order valence-electron chi connectivity index (χ2n) is 4.38. The molecule has 2 aromatic rings. The molecule has 3 nitrogen and oxygen atoms in total. The number of hydrogen-bond acceptors (Lipinski definition) is 4. The van der Waals surface area contributed by atoms with E-state index in [1.54, 1.807) is 11.8 Å². The zero-order valence-electron chi connectivity index (χ0n) is 11.9. The maximum Gasteiger partial charge on any atom is 0.141 e. The van der Waals surface area contributed by atoms with Crippen LogP contribution in [0, 0.1) is 6.92 Å². The van der Waals surface area contributed by atoms with Crippen molar-refractivity contribution in [3.63, 3.8) is 0 Å². The third kappa shape index (κ3) is 3.44. The predicted molar refractivity (Wildman–Crippen MR) is 86.7 cm³/mol. The van der Waals surface area contributed by atoms with Crippen molar-refractivity contribution < 1.29 is 0 Å². The van der Waals surface area contributed by atoms with Gasteiger partial charge in [-0.2, -0.15) is 0 Å². The minimum atomic E-state index is 0.714. The molecular formula is C15H18ClN3S. The van der Waals surface area contributed by atoms with Crippen molar-refractivity contribution in [2.75, 3.05) is 12.4 Å². The van der Waals surface area contributed by atoms with Gasteiger partial charge in [0.25, 0.3) is 0 Å². The first kappa shape index (κ1) is 15.1. The maximum atomic E-state index is 6.16. The van der Waals surface area contributed by atoms with Gasteiger partial charge in [-0.05, 0) is 25.5 Å². The second kappa shape index (κ2) is 6.95. The molecule has 0 saturated carbocycles. The summed E-state index contributed by atoms with van der Waals surface area (Å²) < 4.78 is 0. The topological polar surface area (TPSA) is 37.8 Å². The number of benzene rings is 1. The Balaban J connectivity index is 2.19. The molecular weight excluding hydrogens is 290 g/mol. The molecule has 0 saturated heterocycles. The summed E-state index contributed by atoms with van der Waals surface area (Å²) >= 11 is 7.82. The van der Waals surface area contributed by atoms with Gasteiger partial charge in [-0.1, -0.05) is 30.7 Å². The van der Waals surface area contributed by atoms with Crippen LogP contribution in [0.1, 0.15) is 24.0 Å². The summed E-state index contributed by atoms with van der Waals surface area (Å²) in [7, 11) is 1.89. The first-order valence-corrected chi connectivity index (χ1v) is 7.93. The van der Waals surface area contributed by atoms with Crippen LogP contribution < -0.4 is 5.32 Å². The molecule has 0 amide bonds. The Morgan fingerprint density at radius 1 is 1.25 bits per heavy atom. The van der Waals surface area contributed by atoms with Crippen molar-refractivity contribution >= 4 is 29.2 Å². The summed E-state index contributed by atoms with van der Waals surface area (Å²) in [5, 5.41) is 3.91. The van der Waals surface area contributed by atoms with Crippen molar-refractivity contribution in [3.8, 4) is 0 Å². The Morgan fingerprint density at radius 3 is 2.65 bits per heavy atom. The van der Waals surface area contributed by atoms with Crippen LogP contribution >= 0.6 is 23.4 Å². The highest BCUT2D eigenvalue weighted by molar-refractivity contribution is 7.98. The minimum Gasteiger partial charge on any atom is -0.373 e. The molecule has 0 fully saturated rings. The molecule has 5 heteroatoms. The highest BCUT2D eigenvalue weighted by atomic mass is 35.5. The maximum absolute atomic E-state index is 6.16. The van der Waals surface area contributed by atoms with Crippen LogP contribution in [0.25, 0.3) is 0 Å². The monoisotopic (exact) mass is 307 g/mol. The van der Waals surface area contributed by atoms with Gasteiger partial charge in [-0.25, -0.2) is 9.97 Å². The highest BCUT2D eigenvalue weighted by Gasteiger charge is 2.09. The molecule has 0 aliphatic heterocycles. The van der Waals surface area contributed by atoms with Gasteiger partial charge in [-0.15, -0.1) is 11.8 Å². The highest BCUT2D eigenvalue weighted by Crippen LogP contribution is 2.29. The fraction of sp³-hybridized carbons (Fsp3) is 0.333. The zero-order valence-corrected chi connectivity index (χ0v) is 13.5. The van der Waals surface area contributed by atoms with Crippen molar-refractivity contribution in [1.29, 1.82) is 0 Å². The number of nitrogens with one attached hydrogen (secondary N) is 1. The molecule has 0 spiro atoms. The molecule has 0 aliphatic carbocycles. The van der Waals surface area contributed by atoms with Crippen molar-refractivity contribution in [3.05, 3.63) is 46.4 Å². The van der Waals surface area contributed by atoms with E-state index in [1.165, 1.54) is 0 Å². The van der Waals surface area contributed by atoms with Crippen molar-refractivity contribution in [2.24, 2.45) is 0 Å². The molecule has 1 aromatic carbocycles. The number of thioether (sulfide) groups is 1. The molecule has 1 aromatic heterocycles. The Labute approximate surface area is 129 Å². The molecule has 0 atom stereocenters. The molecule has 0 radical (unpaired) electrons. The molecule has 106 valence electrons. The summed E-state index contributed by atoms with van der Waals surface area (Å²) in [6.45, 7) is 4.16. The van der Waals surface area contributed by atoms with Crippen molar-refractivity contribution in [1.82, 2.24) is 9.97 Å². The minimum absolute atomic E-state index is 0.714. The van der Waals surface area contributed by atoms with Crippen LogP contribution in [-0.4, -0.2) is 17.0 Å². The number of aromatic nitrogens is 2. The van der Waals surface area contributed by atoms with Crippen molar-refractivity contribution in [2.45, 2.75) is 30.9 Å². The number of aryl methyl sites for hydroxylation is 1. The van der Waals surface area contributed by atoms with E-state index >= 15 is 0 Å². The lowest BCUT2D eigenvalue weighted by Crippen LogP contribution is -2.06. The zero-order chi connectivity index (χ0) is 14.5. The van der Waals surface area contributed by atoms with Gasteiger partial charge in [0.2, 0.25) is 0 Å².